The van der Waals surface area contributed by atoms with Gasteiger partial charge in [-0.3, -0.25) is 4.79 Å². The summed E-state index contributed by atoms with van der Waals surface area (Å²) in [6.07, 6.45) is 4.50. The Balaban J connectivity index is 1.46. The predicted molar refractivity (Wildman–Crippen MR) is 162 cm³/mol. The molecule has 1 aromatic heterocycles. The normalized spacial score (nSPS) is 26.7. The van der Waals surface area contributed by atoms with E-state index in [1.54, 1.807) is 18.2 Å². The summed E-state index contributed by atoms with van der Waals surface area (Å²) in [5.41, 5.74) is 10.1. The minimum atomic E-state index is -4.10. The van der Waals surface area contributed by atoms with Crippen LogP contribution in [0.2, 0.25) is 0 Å². The van der Waals surface area contributed by atoms with E-state index < -0.39 is 10.0 Å². The maximum absolute atomic E-state index is 14.2. The van der Waals surface area contributed by atoms with Gasteiger partial charge in [-0.15, -0.1) is 0 Å². The van der Waals surface area contributed by atoms with Crippen molar-refractivity contribution in [2.75, 3.05) is 11.3 Å². The number of ether oxygens (including phenoxy) is 1. The first-order chi connectivity index (χ1) is 19.9. The number of hydrogen-bond donors (Lipinski definition) is 2. The molecule has 42 heavy (non-hydrogen) atoms. The van der Waals surface area contributed by atoms with Gasteiger partial charge in [0.2, 0.25) is 11.8 Å². The lowest BCUT2D eigenvalue weighted by molar-refractivity contribution is -0.0719. The third-order valence-corrected chi connectivity index (χ3v) is 10.3. The van der Waals surface area contributed by atoms with Gasteiger partial charge in [0.25, 0.3) is 15.9 Å². The Hall–Kier alpha value is -3.50. The molecule has 0 radical (unpaired) electrons. The molecule has 2 fully saturated rings. The number of aromatic nitrogens is 2. The summed E-state index contributed by atoms with van der Waals surface area (Å²) >= 11 is 0. The average Bonchev–Trinajstić information content (AvgIpc) is 2.88. The van der Waals surface area contributed by atoms with E-state index in [1.165, 1.54) is 12.1 Å². The maximum atomic E-state index is 14.2. The summed E-state index contributed by atoms with van der Waals surface area (Å²) in [5, 5.41) is 0. The van der Waals surface area contributed by atoms with Gasteiger partial charge in [0.05, 0.1) is 16.6 Å². The monoisotopic (exact) mass is 589 g/mol. The fourth-order valence-electron chi connectivity index (χ4n) is 7.16. The van der Waals surface area contributed by atoms with E-state index in [-0.39, 0.29) is 52.8 Å². The van der Waals surface area contributed by atoms with Crippen LogP contribution in [0.15, 0.2) is 53.4 Å². The Bertz CT molecular complexity index is 1610. The van der Waals surface area contributed by atoms with Crippen LogP contribution in [-0.4, -0.2) is 53.9 Å². The van der Waals surface area contributed by atoms with Crippen LogP contribution in [-0.2, 0) is 10.0 Å². The third kappa shape index (κ3) is 5.38. The number of nitrogens with one attached hydrogen (secondary N) is 1. The fourth-order valence-corrected chi connectivity index (χ4v) is 8.14. The van der Waals surface area contributed by atoms with Crippen molar-refractivity contribution in [3.05, 3.63) is 65.2 Å². The Morgan fingerprint density at radius 3 is 2.40 bits per heavy atom. The van der Waals surface area contributed by atoms with Crippen LogP contribution in [0.5, 0.6) is 5.88 Å². The van der Waals surface area contributed by atoms with Gasteiger partial charge >= 0.3 is 0 Å². The van der Waals surface area contributed by atoms with Gasteiger partial charge in [-0.2, -0.15) is 4.98 Å². The molecule has 1 amide bonds. The van der Waals surface area contributed by atoms with E-state index in [4.69, 9.17) is 10.5 Å². The summed E-state index contributed by atoms with van der Waals surface area (Å²) in [4.78, 5) is 25.2. The minimum Gasteiger partial charge on any atom is -0.475 e. The largest absolute Gasteiger partial charge is 0.475 e. The van der Waals surface area contributed by atoms with Gasteiger partial charge in [-0.25, -0.2) is 18.1 Å². The van der Waals surface area contributed by atoms with Gasteiger partial charge < -0.3 is 15.4 Å². The number of anilines is 1. The highest BCUT2D eigenvalue weighted by atomic mass is 32.2. The van der Waals surface area contributed by atoms with E-state index in [9.17, 15) is 13.2 Å². The number of carbonyl (C=O) groups excluding carboxylic acids is 1. The molecule has 4 bridgehead atoms. The second-order valence-corrected chi connectivity index (χ2v) is 14.5. The summed E-state index contributed by atoms with van der Waals surface area (Å²) in [5.74, 6) is 0.288. The number of nitrogens with two attached hydrogens (primary N) is 1. The van der Waals surface area contributed by atoms with Gasteiger partial charge in [0.15, 0.2) is 0 Å². The second kappa shape index (κ2) is 10.6. The fraction of sp³-hybridized carbons (Fsp3) is 0.469. The molecular weight excluding hydrogens is 550 g/mol. The van der Waals surface area contributed by atoms with Crippen molar-refractivity contribution in [2.24, 2.45) is 17.1 Å². The lowest BCUT2D eigenvalue weighted by atomic mass is 9.52. The van der Waals surface area contributed by atoms with E-state index in [0.29, 0.717) is 17.2 Å². The molecule has 1 spiro atoms. The van der Waals surface area contributed by atoms with Crippen LogP contribution in [0.4, 0.5) is 5.95 Å². The lowest BCUT2D eigenvalue weighted by Crippen LogP contribution is -2.63. The van der Waals surface area contributed by atoms with Crippen molar-refractivity contribution in [1.29, 1.82) is 0 Å². The van der Waals surface area contributed by atoms with Crippen molar-refractivity contribution in [3.8, 4) is 17.1 Å². The number of rotatable bonds is 4. The minimum absolute atomic E-state index is 0.0217. The van der Waals surface area contributed by atoms with Gasteiger partial charge in [-0.1, -0.05) is 38.1 Å². The molecule has 0 saturated heterocycles. The number of sulfonamides is 1. The number of amides is 1. The van der Waals surface area contributed by atoms with Crippen LogP contribution in [0.1, 0.15) is 67.4 Å². The number of benzene rings is 2. The van der Waals surface area contributed by atoms with Crippen molar-refractivity contribution in [1.82, 2.24) is 14.9 Å². The zero-order chi connectivity index (χ0) is 29.8. The smallest absolute Gasteiger partial charge is 0.264 e. The molecule has 0 unspecified atom stereocenters. The number of aryl methyl sites for hydroxylation is 2. The molecule has 2 heterocycles. The summed E-state index contributed by atoms with van der Waals surface area (Å²) < 4.78 is 36.0. The Morgan fingerprint density at radius 1 is 1.05 bits per heavy atom. The quantitative estimate of drug-likeness (QED) is 0.434. The molecule has 3 aliphatic rings. The molecule has 1 aliphatic heterocycles. The van der Waals surface area contributed by atoms with Crippen molar-refractivity contribution in [2.45, 2.75) is 82.8 Å². The molecule has 3 N–H and O–H groups in total. The first-order valence-electron chi connectivity index (χ1n) is 14.7. The number of hydrogen-bond acceptors (Lipinski definition) is 7. The Labute approximate surface area is 247 Å². The molecule has 6 rings (SSSR count). The number of nitrogens with zero attached hydrogens (tertiary/aromatic N) is 3. The van der Waals surface area contributed by atoms with Crippen LogP contribution >= 0.6 is 0 Å². The molecule has 3 aromatic rings. The highest BCUT2D eigenvalue weighted by molar-refractivity contribution is 7.92. The molecule has 1 atom stereocenters. The molecule has 10 heteroatoms. The average molecular weight is 590 g/mol. The maximum Gasteiger partial charge on any atom is 0.264 e. The van der Waals surface area contributed by atoms with Crippen molar-refractivity contribution < 1.29 is 17.9 Å². The highest BCUT2D eigenvalue weighted by Gasteiger charge is 2.55. The van der Waals surface area contributed by atoms with Gasteiger partial charge in [0, 0.05) is 29.3 Å². The molecule has 222 valence electrons. The molecular formula is C32H39N5O4S. The van der Waals surface area contributed by atoms with E-state index >= 15 is 0 Å². The summed E-state index contributed by atoms with van der Waals surface area (Å²) in [6, 6.07) is 14.0. The number of fused-ring (bicyclic) bond motifs is 4. The first kappa shape index (κ1) is 28.6. The van der Waals surface area contributed by atoms with Gasteiger partial charge in [-0.05, 0) is 86.6 Å². The first-order valence-corrected chi connectivity index (χ1v) is 16.2. The van der Waals surface area contributed by atoms with E-state index in [2.05, 4.69) is 28.5 Å². The highest BCUT2D eigenvalue weighted by Crippen LogP contribution is 2.57. The molecule has 9 nitrogen and oxygen atoms in total. The SMILES string of the molecule is Cc1cccc(C)c1-c1cc2nc(n1)NS(=O)(=O)c1cccc(c1)C(=O)N([C@H]1CC3(C[C@@H](N)C3)C1)[C@H](CC(C)C)CO2. The Morgan fingerprint density at radius 2 is 1.74 bits per heavy atom. The van der Waals surface area contributed by atoms with Crippen LogP contribution in [0, 0.1) is 25.2 Å². The summed E-state index contributed by atoms with van der Waals surface area (Å²) in [6.45, 7) is 8.48. The zero-order valence-corrected chi connectivity index (χ0v) is 25.4. The van der Waals surface area contributed by atoms with Gasteiger partial charge in [0.1, 0.15) is 6.61 Å². The lowest BCUT2D eigenvalue weighted by Gasteiger charge is -2.60. The topological polar surface area (TPSA) is 128 Å². The van der Waals surface area contributed by atoms with Crippen LogP contribution in [0.25, 0.3) is 11.3 Å². The molecule has 2 saturated carbocycles. The van der Waals surface area contributed by atoms with Crippen LogP contribution < -0.4 is 15.2 Å². The van der Waals surface area contributed by atoms with Crippen LogP contribution in [0.3, 0.4) is 0 Å². The number of carbonyl (C=O) groups is 1. The van der Waals surface area contributed by atoms with Crippen molar-refractivity contribution >= 4 is 21.9 Å². The summed E-state index contributed by atoms with van der Waals surface area (Å²) in [7, 11) is -4.10. The van der Waals surface area contributed by atoms with Crippen molar-refractivity contribution in [3.63, 3.8) is 0 Å². The second-order valence-electron chi connectivity index (χ2n) is 12.9. The third-order valence-electron chi connectivity index (χ3n) is 8.97. The predicted octanol–water partition coefficient (Wildman–Crippen LogP) is 5.08. The van der Waals surface area contributed by atoms with E-state index in [0.717, 1.165) is 48.8 Å². The molecule has 2 aliphatic carbocycles. The van der Waals surface area contributed by atoms with E-state index in [1.807, 2.05) is 36.9 Å². The standard InChI is InChI=1S/C32H39N5O4S/c1-19(2)11-24-18-41-28-13-27(29-20(3)7-5-8-21(29)4)34-31(35-28)36-42(39,40)26-10-6-9-22(12-26)30(38)37(24)25-16-32(17-25)14-23(33)15-32/h5-10,12-13,19,23-25H,11,14-18,33H2,1-4H3,(H,34,35,36)/t23-,24-,25-,32?/m1/s1. The zero-order valence-electron chi connectivity index (χ0n) is 24.6. The molecule has 2 aromatic carbocycles. The Kier molecular flexibility index (Phi) is 7.25.